The minimum absolute atomic E-state index is 0.0561. The van der Waals surface area contributed by atoms with Crippen LogP contribution in [0.3, 0.4) is 0 Å². The van der Waals surface area contributed by atoms with Crippen LogP contribution < -0.4 is 0 Å². The lowest BCUT2D eigenvalue weighted by molar-refractivity contribution is 0.369. The standard InChI is InChI=1S/C12H17FN2OS/c1-4-11-15(3)17(13,16)14-12(5-2)9-7-6-8-10-12/h1-2H,6-11H2,3H3. The van der Waals surface area contributed by atoms with Crippen molar-refractivity contribution in [1.82, 2.24) is 4.31 Å². The molecule has 1 saturated carbocycles. The number of hydrogen-bond acceptors (Lipinski definition) is 2. The molecule has 1 unspecified atom stereocenters. The van der Waals surface area contributed by atoms with Gasteiger partial charge in [0.25, 0.3) is 10.3 Å². The van der Waals surface area contributed by atoms with E-state index < -0.39 is 15.8 Å². The van der Waals surface area contributed by atoms with Gasteiger partial charge in [-0.25, -0.2) is 0 Å². The molecule has 0 saturated heterocycles. The third-order valence-electron chi connectivity index (χ3n) is 2.94. The first-order chi connectivity index (χ1) is 7.96. The fraction of sp³-hybridized carbons (Fsp3) is 0.667. The Labute approximate surface area is 103 Å². The highest BCUT2D eigenvalue weighted by Gasteiger charge is 2.32. The highest BCUT2D eigenvalue weighted by atomic mass is 32.3. The molecule has 1 aliphatic carbocycles. The van der Waals surface area contributed by atoms with Gasteiger partial charge in [0.05, 0.1) is 6.54 Å². The maximum absolute atomic E-state index is 14.0. The van der Waals surface area contributed by atoms with Crippen LogP contribution in [0.5, 0.6) is 0 Å². The lowest BCUT2D eigenvalue weighted by atomic mass is 9.83. The predicted molar refractivity (Wildman–Crippen MR) is 67.8 cm³/mol. The smallest absolute Gasteiger partial charge is 0.199 e. The van der Waals surface area contributed by atoms with Crippen molar-refractivity contribution >= 4 is 10.3 Å². The van der Waals surface area contributed by atoms with E-state index in [1.54, 1.807) is 0 Å². The van der Waals surface area contributed by atoms with Crippen molar-refractivity contribution in [2.45, 2.75) is 37.6 Å². The van der Waals surface area contributed by atoms with Crippen LogP contribution >= 0.6 is 0 Å². The van der Waals surface area contributed by atoms with Gasteiger partial charge >= 0.3 is 0 Å². The molecule has 3 nitrogen and oxygen atoms in total. The van der Waals surface area contributed by atoms with Crippen molar-refractivity contribution in [3.8, 4) is 24.7 Å². The Kier molecular flexibility index (Phi) is 4.56. The largest absolute Gasteiger partial charge is 0.273 e. The van der Waals surface area contributed by atoms with Gasteiger partial charge in [0, 0.05) is 7.05 Å². The molecular formula is C12H17FN2OS. The fourth-order valence-electron chi connectivity index (χ4n) is 1.89. The zero-order valence-electron chi connectivity index (χ0n) is 9.99. The highest BCUT2D eigenvalue weighted by molar-refractivity contribution is 7.86. The van der Waals surface area contributed by atoms with E-state index >= 15 is 0 Å². The Bertz CT molecular complexity index is 460. The second kappa shape index (κ2) is 5.53. The van der Waals surface area contributed by atoms with E-state index in [9.17, 15) is 8.09 Å². The van der Waals surface area contributed by atoms with Gasteiger partial charge in [0.2, 0.25) is 0 Å². The van der Waals surface area contributed by atoms with Gasteiger partial charge in [0.1, 0.15) is 5.54 Å². The van der Waals surface area contributed by atoms with Crippen molar-refractivity contribution in [2.75, 3.05) is 13.6 Å². The van der Waals surface area contributed by atoms with Crippen molar-refractivity contribution in [1.29, 1.82) is 0 Å². The van der Waals surface area contributed by atoms with Gasteiger partial charge in [-0.15, -0.1) is 16.7 Å². The Morgan fingerprint density at radius 2 is 2.00 bits per heavy atom. The van der Waals surface area contributed by atoms with Crippen LogP contribution in [0.25, 0.3) is 0 Å². The summed E-state index contributed by atoms with van der Waals surface area (Å²) in [6.45, 7) is -0.0561. The number of terminal acetylenes is 2. The van der Waals surface area contributed by atoms with Crippen molar-refractivity contribution in [3.05, 3.63) is 0 Å². The first-order valence-corrected chi connectivity index (χ1v) is 6.93. The Balaban J connectivity index is 3.03. The van der Waals surface area contributed by atoms with Gasteiger partial charge < -0.3 is 0 Å². The molecule has 0 aromatic heterocycles. The van der Waals surface area contributed by atoms with E-state index in [0.717, 1.165) is 23.6 Å². The van der Waals surface area contributed by atoms with Crippen molar-refractivity contribution < 1.29 is 8.09 Å². The van der Waals surface area contributed by atoms with E-state index in [1.807, 2.05) is 0 Å². The molecule has 0 amide bonds. The second-order valence-corrected chi connectivity index (χ2v) is 5.92. The van der Waals surface area contributed by atoms with Crippen molar-refractivity contribution in [2.24, 2.45) is 4.36 Å². The maximum Gasteiger partial charge on any atom is 0.273 e. The molecule has 94 valence electrons. The number of hydrogen-bond donors (Lipinski definition) is 0. The van der Waals surface area contributed by atoms with Crippen LogP contribution in [0, 0.1) is 24.7 Å². The molecule has 0 heterocycles. The summed E-state index contributed by atoms with van der Waals surface area (Å²) in [6, 6.07) is 0. The Hall–Kier alpha value is -1.04. The summed E-state index contributed by atoms with van der Waals surface area (Å²) in [5, 5.41) is 0. The summed E-state index contributed by atoms with van der Waals surface area (Å²) in [6.07, 6.45) is 14.5. The van der Waals surface area contributed by atoms with Gasteiger partial charge in [-0.2, -0.15) is 12.9 Å². The predicted octanol–water partition coefficient (Wildman–Crippen LogP) is 2.16. The monoisotopic (exact) mass is 256 g/mol. The maximum atomic E-state index is 14.0. The van der Waals surface area contributed by atoms with Gasteiger partial charge in [-0.1, -0.05) is 31.1 Å². The van der Waals surface area contributed by atoms with Crippen LogP contribution in [-0.4, -0.2) is 27.6 Å². The second-order valence-electron chi connectivity index (χ2n) is 4.25. The number of rotatable bonds is 3. The topological polar surface area (TPSA) is 32.7 Å². The average molecular weight is 256 g/mol. The quantitative estimate of drug-likeness (QED) is 0.562. The van der Waals surface area contributed by atoms with E-state index in [2.05, 4.69) is 16.2 Å². The Morgan fingerprint density at radius 1 is 1.41 bits per heavy atom. The summed E-state index contributed by atoms with van der Waals surface area (Å²) >= 11 is 0. The van der Waals surface area contributed by atoms with E-state index in [4.69, 9.17) is 12.8 Å². The molecule has 1 atom stereocenters. The molecule has 0 radical (unpaired) electrons. The van der Waals surface area contributed by atoms with Gasteiger partial charge in [0.15, 0.2) is 0 Å². The lowest BCUT2D eigenvalue weighted by Gasteiger charge is -2.29. The normalized spacial score (nSPS) is 22.2. The summed E-state index contributed by atoms with van der Waals surface area (Å²) in [5.41, 5.74) is -0.924. The molecule has 0 bridgehead atoms. The van der Waals surface area contributed by atoms with E-state index in [-0.39, 0.29) is 6.54 Å². The summed E-state index contributed by atoms with van der Waals surface area (Å²) < 4.78 is 30.5. The van der Waals surface area contributed by atoms with Gasteiger partial charge in [-0.3, -0.25) is 0 Å². The minimum atomic E-state index is -3.97. The molecule has 0 aliphatic heterocycles. The Morgan fingerprint density at radius 3 is 2.47 bits per heavy atom. The van der Waals surface area contributed by atoms with Crippen LogP contribution in [-0.2, 0) is 10.3 Å². The molecule has 1 fully saturated rings. The first-order valence-electron chi connectivity index (χ1n) is 5.56. The van der Waals surface area contributed by atoms with E-state index in [0.29, 0.717) is 12.8 Å². The van der Waals surface area contributed by atoms with Crippen LogP contribution in [0.4, 0.5) is 3.89 Å². The zero-order valence-corrected chi connectivity index (χ0v) is 10.8. The minimum Gasteiger partial charge on any atom is -0.199 e. The van der Waals surface area contributed by atoms with Gasteiger partial charge in [-0.05, 0) is 12.8 Å². The van der Waals surface area contributed by atoms with Crippen LogP contribution in [0.1, 0.15) is 32.1 Å². The van der Waals surface area contributed by atoms with Crippen molar-refractivity contribution in [3.63, 3.8) is 0 Å². The molecule has 0 spiro atoms. The summed E-state index contributed by atoms with van der Waals surface area (Å²) in [7, 11) is -2.62. The third-order valence-corrected chi connectivity index (χ3v) is 4.41. The lowest BCUT2D eigenvalue weighted by Crippen LogP contribution is -2.32. The summed E-state index contributed by atoms with van der Waals surface area (Å²) in [4.78, 5) is 0. The molecule has 1 rings (SSSR count). The molecule has 0 aromatic rings. The van der Waals surface area contributed by atoms with Crippen LogP contribution in [0.15, 0.2) is 4.36 Å². The SMILES string of the molecule is C#CCN(C)S(=O)(F)=NC1(C#C)CCCCC1. The third kappa shape index (κ3) is 3.46. The first kappa shape index (κ1) is 14.0. The highest BCUT2D eigenvalue weighted by Crippen LogP contribution is 2.32. The number of nitrogens with zero attached hydrogens (tertiary/aromatic N) is 2. The molecule has 0 N–H and O–H groups in total. The number of halogens is 1. The fourth-order valence-corrected chi connectivity index (χ4v) is 2.93. The molecule has 5 heteroatoms. The summed E-state index contributed by atoms with van der Waals surface area (Å²) in [5.74, 6) is 4.74. The molecular weight excluding hydrogens is 239 g/mol. The molecule has 1 aliphatic rings. The molecule has 0 aromatic carbocycles. The van der Waals surface area contributed by atoms with Crippen LogP contribution in [0.2, 0.25) is 0 Å². The van der Waals surface area contributed by atoms with E-state index in [1.165, 1.54) is 7.05 Å². The average Bonchev–Trinajstić information content (AvgIpc) is 2.30. The molecule has 17 heavy (non-hydrogen) atoms. The zero-order chi connectivity index (χ0) is 12.9.